The van der Waals surface area contributed by atoms with E-state index < -0.39 is 15.1 Å². The molecule has 1 aromatic carbocycles. The van der Waals surface area contributed by atoms with E-state index in [9.17, 15) is 13.2 Å². The molecule has 0 aliphatic heterocycles. The van der Waals surface area contributed by atoms with Crippen molar-refractivity contribution in [3.63, 3.8) is 0 Å². The van der Waals surface area contributed by atoms with Crippen molar-refractivity contribution < 1.29 is 17.9 Å². The van der Waals surface area contributed by atoms with Gasteiger partial charge in [-0.1, -0.05) is 0 Å². The van der Waals surface area contributed by atoms with Crippen molar-refractivity contribution in [2.75, 3.05) is 13.4 Å². The fourth-order valence-corrected chi connectivity index (χ4v) is 3.55. The van der Waals surface area contributed by atoms with Crippen molar-refractivity contribution in [1.29, 1.82) is 0 Å². The Hall–Kier alpha value is -0.590. The van der Waals surface area contributed by atoms with Crippen molar-refractivity contribution in [2.24, 2.45) is 0 Å². The van der Waals surface area contributed by atoms with Crippen LogP contribution in [0.1, 0.15) is 15.9 Å². The molecule has 0 bridgehead atoms. The summed E-state index contributed by atoms with van der Waals surface area (Å²) in [5.41, 5.74) is 0.551. The van der Waals surface area contributed by atoms with E-state index in [0.717, 1.165) is 6.26 Å². The average Bonchev–Trinajstić information content (AvgIpc) is 2.19. The second-order valence-corrected chi connectivity index (χ2v) is 6.56. The Balaban J connectivity index is 3.76. The molecule has 0 fully saturated rings. The Morgan fingerprint density at radius 3 is 2.35 bits per heavy atom. The smallest absolute Gasteiger partial charge is 0.256 e. The predicted octanol–water partition coefficient (Wildman–Crippen LogP) is 2.55. The maximum Gasteiger partial charge on any atom is 0.256 e. The van der Waals surface area contributed by atoms with Crippen LogP contribution < -0.4 is 4.74 Å². The van der Waals surface area contributed by atoms with Gasteiger partial charge < -0.3 is 4.74 Å². The van der Waals surface area contributed by atoms with E-state index >= 15 is 0 Å². The number of methoxy groups -OCH3 is 1. The van der Waals surface area contributed by atoms with Crippen LogP contribution in [0, 0.1) is 6.92 Å². The van der Waals surface area contributed by atoms with Gasteiger partial charge in [0.2, 0.25) is 0 Å². The number of rotatable bonds is 3. The molecule has 7 heteroatoms. The first-order chi connectivity index (χ1) is 7.70. The third-order valence-electron chi connectivity index (χ3n) is 2.22. The minimum absolute atomic E-state index is 0.0137. The Morgan fingerprint density at radius 1 is 1.47 bits per heavy atom. The lowest BCUT2D eigenvalue weighted by Crippen LogP contribution is -2.05. The molecule has 0 atom stereocenters. The number of carbonyl (C=O) groups is 1. The van der Waals surface area contributed by atoms with Gasteiger partial charge in [-0.25, -0.2) is 8.42 Å². The topological polar surface area (TPSA) is 60.4 Å². The van der Waals surface area contributed by atoms with Crippen LogP contribution in [0.2, 0.25) is 0 Å². The first-order valence-electron chi connectivity index (χ1n) is 4.47. The molecule has 1 aromatic rings. The lowest BCUT2D eigenvalue weighted by atomic mass is 10.1. The zero-order valence-electron chi connectivity index (χ0n) is 9.37. The zero-order valence-corrected chi connectivity index (χ0v) is 12.5. The molecule has 0 radical (unpaired) electrons. The fraction of sp³-hybridized carbons (Fsp3) is 0.300. The summed E-state index contributed by atoms with van der Waals surface area (Å²) in [6, 6.07) is 1.21. The highest BCUT2D eigenvalue weighted by molar-refractivity contribution is 9.10. The van der Waals surface area contributed by atoms with Gasteiger partial charge in [-0.3, -0.25) is 4.79 Å². The summed E-state index contributed by atoms with van der Waals surface area (Å²) >= 11 is 8.58. The first kappa shape index (κ1) is 14.5. The largest absolute Gasteiger partial charge is 0.496 e. The molecule has 0 saturated carbocycles. The standard InChI is InChI=1S/C10H10BrClO4S/c1-5-8(11)7(17(3,14)15)4-6(10(12)13)9(5)16-2/h4H,1-3H3. The highest BCUT2D eigenvalue weighted by Crippen LogP contribution is 2.36. The van der Waals surface area contributed by atoms with Gasteiger partial charge in [0.05, 0.1) is 17.6 Å². The first-order valence-corrected chi connectivity index (χ1v) is 7.53. The Labute approximate surface area is 113 Å². The van der Waals surface area contributed by atoms with Crippen LogP contribution in [0.15, 0.2) is 15.4 Å². The van der Waals surface area contributed by atoms with Gasteiger partial charge in [0.25, 0.3) is 5.24 Å². The molecule has 4 nitrogen and oxygen atoms in total. The van der Waals surface area contributed by atoms with Gasteiger partial charge in [0.1, 0.15) is 5.75 Å². The molecule has 0 spiro atoms. The SMILES string of the molecule is COc1c(C(=O)Cl)cc(S(C)(=O)=O)c(Br)c1C. The molecule has 94 valence electrons. The van der Waals surface area contributed by atoms with Crippen LogP contribution in [0.4, 0.5) is 0 Å². The number of halogens is 2. The number of hydrogen-bond donors (Lipinski definition) is 0. The molecule has 0 saturated heterocycles. The van der Waals surface area contributed by atoms with E-state index in [2.05, 4.69) is 15.9 Å². The van der Waals surface area contributed by atoms with Gasteiger partial charge >= 0.3 is 0 Å². The van der Waals surface area contributed by atoms with E-state index in [1.165, 1.54) is 13.2 Å². The summed E-state index contributed by atoms with van der Waals surface area (Å²) in [5.74, 6) is 0.268. The van der Waals surface area contributed by atoms with Crippen molar-refractivity contribution in [2.45, 2.75) is 11.8 Å². The van der Waals surface area contributed by atoms with Crippen molar-refractivity contribution in [3.8, 4) is 5.75 Å². The summed E-state index contributed by atoms with van der Waals surface area (Å²) in [6.45, 7) is 1.64. The van der Waals surface area contributed by atoms with Crippen LogP contribution in [-0.2, 0) is 9.84 Å². The maximum atomic E-state index is 11.6. The number of sulfone groups is 1. The van der Waals surface area contributed by atoms with Crippen LogP contribution in [0.3, 0.4) is 0 Å². The molecular formula is C10H10BrClO4S. The summed E-state index contributed by atoms with van der Waals surface area (Å²) in [4.78, 5) is 11.3. The highest BCUT2D eigenvalue weighted by atomic mass is 79.9. The normalized spacial score (nSPS) is 11.4. The Morgan fingerprint density at radius 2 is 2.00 bits per heavy atom. The zero-order chi connectivity index (χ0) is 13.4. The third-order valence-corrected chi connectivity index (χ3v) is 4.83. The molecule has 0 unspecified atom stereocenters. The fourth-order valence-electron chi connectivity index (χ4n) is 1.43. The number of carbonyl (C=O) groups excluding carboxylic acids is 1. The second kappa shape index (κ2) is 4.96. The van der Waals surface area contributed by atoms with Gasteiger partial charge in [-0.05, 0) is 40.5 Å². The predicted molar refractivity (Wildman–Crippen MR) is 68.7 cm³/mol. The molecule has 0 aliphatic rings. The van der Waals surface area contributed by atoms with Crippen LogP contribution in [-0.4, -0.2) is 27.0 Å². The molecule has 0 N–H and O–H groups in total. The van der Waals surface area contributed by atoms with E-state index in [4.69, 9.17) is 16.3 Å². The molecular weight excluding hydrogens is 332 g/mol. The molecule has 0 amide bonds. The van der Waals surface area contributed by atoms with Crippen LogP contribution >= 0.6 is 27.5 Å². The van der Waals surface area contributed by atoms with Gasteiger partial charge in [-0.15, -0.1) is 0 Å². The number of ether oxygens (including phenoxy) is 1. The molecule has 0 aromatic heterocycles. The molecule has 1 rings (SSSR count). The lowest BCUT2D eigenvalue weighted by Gasteiger charge is -2.13. The summed E-state index contributed by atoms with van der Waals surface area (Å²) < 4.78 is 28.5. The third kappa shape index (κ3) is 2.81. The number of hydrogen-bond acceptors (Lipinski definition) is 4. The van der Waals surface area contributed by atoms with Gasteiger partial charge in [0.15, 0.2) is 9.84 Å². The molecule has 0 heterocycles. The van der Waals surface area contributed by atoms with E-state index in [-0.39, 0.29) is 16.2 Å². The monoisotopic (exact) mass is 340 g/mol. The Bertz CT molecular complexity index is 580. The maximum absolute atomic E-state index is 11.6. The van der Waals surface area contributed by atoms with Gasteiger partial charge in [-0.2, -0.15) is 0 Å². The second-order valence-electron chi connectivity index (χ2n) is 3.44. The van der Waals surface area contributed by atoms with Crippen molar-refractivity contribution in [1.82, 2.24) is 0 Å². The molecule has 17 heavy (non-hydrogen) atoms. The number of benzene rings is 1. The van der Waals surface area contributed by atoms with E-state index in [1.807, 2.05) is 0 Å². The highest BCUT2D eigenvalue weighted by Gasteiger charge is 2.22. The molecule has 0 aliphatic carbocycles. The summed E-state index contributed by atoms with van der Waals surface area (Å²) in [6.07, 6.45) is 1.06. The summed E-state index contributed by atoms with van der Waals surface area (Å²) in [5, 5.41) is -0.762. The minimum atomic E-state index is -3.45. The summed E-state index contributed by atoms with van der Waals surface area (Å²) in [7, 11) is -2.06. The van der Waals surface area contributed by atoms with Gasteiger partial charge in [0, 0.05) is 16.3 Å². The quantitative estimate of drug-likeness (QED) is 0.793. The van der Waals surface area contributed by atoms with E-state index in [1.54, 1.807) is 6.92 Å². The van der Waals surface area contributed by atoms with Crippen molar-refractivity contribution in [3.05, 3.63) is 21.7 Å². The lowest BCUT2D eigenvalue weighted by molar-refractivity contribution is 0.107. The van der Waals surface area contributed by atoms with Crippen LogP contribution in [0.25, 0.3) is 0 Å². The van der Waals surface area contributed by atoms with Crippen LogP contribution in [0.5, 0.6) is 5.75 Å². The van der Waals surface area contributed by atoms with E-state index in [0.29, 0.717) is 10.0 Å². The average molecular weight is 342 g/mol. The van der Waals surface area contributed by atoms with Crippen molar-refractivity contribution >= 4 is 42.6 Å². The Kier molecular flexibility index (Phi) is 4.22. The minimum Gasteiger partial charge on any atom is -0.496 e.